The molecule has 3 aromatic rings. The number of anilines is 2. The summed E-state index contributed by atoms with van der Waals surface area (Å²) in [7, 11) is 0. The molecule has 0 atom stereocenters. The van der Waals surface area contributed by atoms with Crippen LogP contribution in [0, 0.1) is 0 Å². The third-order valence-corrected chi connectivity index (χ3v) is 6.23. The van der Waals surface area contributed by atoms with Gasteiger partial charge in [-0.25, -0.2) is 0 Å². The Morgan fingerprint density at radius 3 is 2.66 bits per heavy atom. The molecule has 0 fully saturated rings. The van der Waals surface area contributed by atoms with Crippen molar-refractivity contribution in [2.75, 3.05) is 36.0 Å². The Hall–Kier alpha value is -3.02. The van der Waals surface area contributed by atoms with Crippen molar-refractivity contribution in [3.63, 3.8) is 0 Å². The number of unbranched alkanes of at least 4 members (excludes halogenated alkanes) is 2. The monoisotopic (exact) mass is 434 g/mol. The number of benzene rings is 2. The molecule has 0 aliphatic carbocycles. The maximum absolute atomic E-state index is 10.3. The maximum atomic E-state index is 10.3. The Morgan fingerprint density at radius 1 is 1.06 bits per heavy atom. The Labute approximate surface area is 190 Å². The molecule has 1 aliphatic heterocycles. The van der Waals surface area contributed by atoms with Gasteiger partial charge in [-0.05, 0) is 38.1 Å². The number of hydrogen-bond donors (Lipinski definition) is 1. The molecular weight excluding hydrogens is 400 g/mol. The normalized spacial score (nSPS) is 13.3. The van der Waals surface area contributed by atoms with Gasteiger partial charge < -0.3 is 19.6 Å². The van der Waals surface area contributed by atoms with E-state index >= 15 is 0 Å². The molecule has 1 aliphatic rings. The molecule has 32 heavy (non-hydrogen) atoms. The van der Waals surface area contributed by atoms with Gasteiger partial charge in [0, 0.05) is 42.3 Å². The van der Waals surface area contributed by atoms with Crippen LogP contribution in [0.3, 0.4) is 0 Å². The van der Waals surface area contributed by atoms with Gasteiger partial charge in [-0.15, -0.1) is 0 Å². The van der Waals surface area contributed by atoms with E-state index in [0.717, 1.165) is 73.3 Å². The highest BCUT2D eigenvalue weighted by Crippen LogP contribution is 2.36. The number of phenolic OH excluding ortho intramolecular Hbond substituents is 1. The Balaban J connectivity index is 1.69. The predicted molar refractivity (Wildman–Crippen MR) is 131 cm³/mol. The van der Waals surface area contributed by atoms with Crippen molar-refractivity contribution in [1.82, 2.24) is 9.97 Å². The summed E-state index contributed by atoms with van der Waals surface area (Å²) >= 11 is 0. The van der Waals surface area contributed by atoms with Gasteiger partial charge in [-0.1, -0.05) is 44.0 Å². The lowest BCUT2D eigenvalue weighted by atomic mass is 10.0. The van der Waals surface area contributed by atoms with Crippen LogP contribution in [-0.2, 0) is 13.0 Å². The van der Waals surface area contributed by atoms with Gasteiger partial charge >= 0.3 is 6.01 Å². The van der Waals surface area contributed by atoms with E-state index in [4.69, 9.17) is 14.7 Å². The number of aromatic hydroxyl groups is 1. The quantitative estimate of drug-likeness (QED) is 0.460. The fourth-order valence-corrected chi connectivity index (χ4v) is 4.50. The average Bonchev–Trinajstić information content (AvgIpc) is 2.81. The molecule has 2 aromatic carbocycles. The van der Waals surface area contributed by atoms with Crippen LogP contribution in [0.25, 0.3) is 10.8 Å². The molecule has 0 saturated heterocycles. The smallest absolute Gasteiger partial charge is 0.318 e. The molecule has 1 aromatic heterocycles. The van der Waals surface area contributed by atoms with E-state index in [0.29, 0.717) is 19.2 Å². The second-order valence-electron chi connectivity index (χ2n) is 8.34. The van der Waals surface area contributed by atoms with Gasteiger partial charge in [0.1, 0.15) is 11.6 Å². The first kappa shape index (κ1) is 22.2. The van der Waals surface area contributed by atoms with Crippen molar-refractivity contribution in [3.8, 4) is 11.8 Å². The zero-order valence-corrected chi connectivity index (χ0v) is 19.5. The van der Waals surface area contributed by atoms with E-state index in [2.05, 4.69) is 36.6 Å². The van der Waals surface area contributed by atoms with E-state index in [9.17, 15) is 5.11 Å². The fraction of sp³-hybridized carbons (Fsp3) is 0.462. The molecule has 170 valence electrons. The second-order valence-corrected chi connectivity index (χ2v) is 8.34. The summed E-state index contributed by atoms with van der Waals surface area (Å²) in [5, 5.41) is 12.5. The summed E-state index contributed by atoms with van der Waals surface area (Å²) < 4.78 is 5.98. The number of hydrogen-bond acceptors (Lipinski definition) is 6. The molecule has 4 rings (SSSR count). The van der Waals surface area contributed by atoms with E-state index < -0.39 is 0 Å². The Bertz CT molecular complexity index is 1070. The van der Waals surface area contributed by atoms with Crippen molar-refractivity contribution < 1.29 is 9.84 Å². The topological polar surface area (TPSA) is 61.7 Å². The van der Waals surface area contributed by atoms with Gasteiger partial charge in [0.05, 0.1) is 18.8 Å². The second kappa shape index (κ2) is 10.1. The SMILES string of the molecule is CCCCCOc1nc2c(c(N(CC)CC)n1)CCN(c1cc(O)cc3ccccc13)C2. The van der Waals surface area contributed by atoms with Crippen LogP contribution < -0.4 is 14.5 Å². The van der Waals surface area contributed by atoms with Crippen LogP contribution >= 0.6 is 0 Å². The minimum atomic E-state index is 0.288. The van der Waals surface area contributed by atoms with Gasteiger partial charge in [0.25, 0.3) is 0 Å². The van der Waals surface area contributed by atoms with E-state index in [1.807, 2.05) is 30.3 Å². The summed E-state index contributed by atoms with van der Waals surface area (Å²) in [6.45, 7) is 10.5. The first-order chi connectivity index (χ1) is 15.6. The van der Waals surface area contributed by atoms with Gasteiger partial charge in [0.2, 0.25) is 0 Å². The van der Waals surface area contributed by atoms with E-state index in [-0.39, 0.29) is 5.75 Å². The molecule has 6 nitrogen and oxygen atoms in total. The number of ether oxygens (including phenoxy) is 1. The third kappa shape index (κ3) is 4.59. The number of rotatable bonds is 9. The van der Waals surface area contributed by atoms with Crippen LogP contribution in [0.4, 0.5) is 11.5 Å². The molecule has 0 amide bonds. The molecular formula is C26H34N4O2. The summed E-state index contributed by atoms with van der Waals surface area (Å²) in [5.74, 6) is 1.29. The summed E-state index contributed by atoms with van der Waals surface area (Å²) in [6, 6.07) is 12.4. The van der Waals surface area contributed by atoms with Gasteiger partial charge in [-0.3, -0.25) is 0 Å². The lowest BCUT2D eigenvalue weighted by Crippen LogP contribution is -2.34. The number of fused-ring (bicyclic) bond motifs is 2. The minimum absolute atomic E-state index is 0.288. The van der Waals surface area contributed by atoms with Crippen LogP contribution in [-0.4, -0.2) is 41.3 Å². The highest BCUT2D eigenvalue weighted by molar-refractivity contribution is 5.95. The third-order valence-electron chi connectivity index (χ3n) is 6.23. The highest BCUT2D eigenvalue weighted by Gasteiger charge is 2.26. The largest absolute Gasteiger partial charge is 0.508 e. The minimum Gasteiger partial charge on any atom is -0.508 e. The highest BCUT2D eigenvalue weighted by atomic mass is 16.5. The van der Waals surface area contributed by atoms with E-state index in [1.165, 1.54) is 5.56 Å². The standard InChI is InChI=1S/C26H34N4O2/c1-4-7-10-15-32-26-27-23-18-30(14-13-22(23)25(28-26)29(5-2)6-3)24-17-20(31)16-19-11-8-9-12-21(19)24/h8-9,11-12,16-17,31H,4-7,10,13-15,18H2,1-3H3. The van der Waals surface area contributed by atoms with Crippen LogP contribution in [0.1, 0.15) is 51.3 Å². The number of aromatic nitrogens is 2. The average molecular weight is 435 g/mol. The van der Waals surface area contributed by atoms with Crippen LogP contribution in [0.5, 0.6) is 11.8 Å². The molecule has 0 unspecified atom stereocenters. The van der Waals surface area contributed by atoms with Crippen LogP contribution in [0.2, 0.25) is 0 Å². The summed E-state index contributed by atoms with van der Waals surface area (Å²) in [4.78, 5) is 14.3. The molecule has 6 heteroatoms. The van der Waals surface area contributed by atoms with E-state index in [1.54, 1.807) is 0 Å². The first-order valence-corrected chi connectivity index (χ1v) is 11.9. The predicted octanol–water partition coefficient (Wildman–Crippen LogP) is 5.31. The molecule has 0 radical (unpaired) electrons. The molecule has 0 bridgehead atoms. The summed E-state index contributed by atoms with van der Waals surface area (Å²) in [5.41, 5.74) is 3.28. The molecule has 0 saturated carbocycles. The van der Waals surface area contributed by atoms with Gasteiger partial charge in [0.15, 0.2) is 0 Å². The molecule has 1 N–H and O–H groups in total. The summed E-state index contributed by atoms with van der Waals surface area (Å²) in [6.07, 6.45) is 4.18. The lowest BCUT2D eigenvalue weighted by Gasteiger charge is -2.33. The van der Waals surface area contributed by atoms with Crippen molar-refractivity contribution in [2.45, 2.75) is 53.0 Å². The van der Waals surface area contributed by atoms with Crippen molar-refractivity contribution in [1.29, 1.82) is 0 Å². The zero-order chi connectivity index (χ0) is 22.5. The van der Waals surface area contributed by atoms with Crippen molar-refractivity contribution in [3.05, 3.63) is 47.7 Å². The van der Waals surface area contributed by atoms with Crippen molar-refractivity contribution in [2.24, 2.45) is 0 Å². The maximum Gasteiger partial charge on any atom is 0.318 e. The Kier molecular flexibility index (Phi) is 6.98. The van der Waals surface area contributed by atoms with Crippen LogP contribution in [0.15, 0.2) is 36.4 Å². The lowest BCUT2D eigenvalue weighted by molar-refractivity contribution is 0.281. The zero-order valence-electron chi connectivity index (χ0n) is 19.5. The molecule has 0 spiro atoms. The fourth-order valence-electron chi connectivity index (χ4n) is 4.50. The first-order valence-electron chi connectivity index (χ1n) is 11.9. The number of phenols is 1. The van der Waals surface area contributed by atoms with Gasteiger partial charge in [-0.2, -0.15) is 9.97 Å². The molecule has 2 heterocycles. The Morgan fingerprint density at radius 2 is 1.88 bits per heavy atom. The van der Waals surface area contributed by atoms with Crippen molar-refractivity contribution >= 4 is 22.3 Å². The number of nitrogens with zero attached hydrogens (tertiary/aromatic N) is 4.